The summed E-state index contributed by atoms with van der Waals surface area (Å²) in [5.41, 5.74) is 5.22. The van der Waals surface area contributed by atoms with E-state index in [0.717, 1.165) is 11.3 Å². The van der Waals surface area contributed by atoms with Crippen LogP contribution >= 0.6 is 0 Å². The van der Waals surface area contributed by atoms with Crippen LogP contribution in [0.25, 0.3) is 6.08 Å². The zero-order valence-corrected chi connectivity index (χ0v) is 17.9. The quantitative estimate of drug-likeness (QED) is 0.797. The molecule has 0 bridgehead atoms. The molecule has 1 atom stereocenters. The Labute approximate surface area is 173 Å². The van der Waals surface area contributed by atoms with Gasteiger partial charge >= 0.3 is 0 Å². The fourth-order valence-corrected chi connectivity index (χ4v) is 4.53. The lowest BCUT2D eigenvalue weighted by atomic mass is 9.75. The molecular formula is C25H29N3O. The molecule has 1 saturated heterocycles. The molecule has 2 heterocycles. The van der Waals surface area contributed by atoms with Gasteiger partial charge in [-0.25, -0.2) is 0 Å². The molecule has 0 saturated carbocycles. The highest BCUT2D eigenvalue weighted by molar-refractivity contribution is 5.91. The minimum atomic E-state index is -0.542. The number of nitrogens with zero attached hydrogens (tertiary/aromatic N) is 2. The summed E-state index contributed by atoms with van der Waals surface area (Å²) in [6.07, 6.45) is 8.33. The van der Waals surface area contributed by atoms with Crippen molar-refractivity contribution in [1.82, 2.24) is 5.32 Å². The second kappa shape index (κ2) is 6.80. The number of fused-ring (bicyclic) bond motifs is 3. The van der Waals surface area contributed by atoms with Crippen molar-refractivity contribution in [2.24, 2.45) is 0 Å². The predicted molar refractivity (Wildman–Crippen MR) is 121 cm³/mol. The van der Waals surface area contributed by atoms with Crippen LogP contribution in [0.15, 0.2) is 60.7 Å². The molecule has 0 spiro atoms. The normalized spacial score (nSPS) is 22.2. The number of carbonyl (C=O) groups excluding carboxylic acids is 1. The second-order valence-corrected chi connectivity index (χ2v) is 8.75. The Kier molecular flexibility index (Phi) is 4.53. The van der Waals surface area contributed by atoms with Crippen molar-refractivity contribution in [1.29, 1.82) is 0 Å². The van der Waals surface area contributed by atoms with Crippen LogP contribution in [0.1, 0.15) is 30.5 Å². The van der Waals surface area contributed by atoms with Gasteiger partial charge in [-0.15, -0.1) is 0 Å². The number of allylic oxidation sites excluding steroid dienone is 2. The topological polar surface area (TPSA) is 35.6 Å². The monoisotopic (exact) mass is 387 g/mol. The van der Waals surface area contributed by atoms with E-state index < -0.39 is 5.66 Å². The molecule has 1 fully saturated rings. The molecule has 2 aromatic carbocycles. The fourth-order valence-electron chi connectivity index (χ4n) is 4.53. The van der Waals surface area contributed by atoms with Gasteiger partial charge in [0.2, 0.25) is 5.91 Å². The number of hydrogen-bond donors (Lipinski definition) is 1. The first-order chi connectivity index (χ1) is 13.7. The third-order valence-electron chi connectivity index (χ3n) is 6.27. The summed E-state index contributed by atoms with van der Waals surface area (Å²) < 4.78 is 0. The molecule has 1 unspecified atom stereocenters. The van der Waals surface area contributed by atoms with E-state index in [0.29, 0.717) is 6.54 Å². The maximum atomic E-state index is 12.4. The lowest BCUT2D eigenvalue weighted by Crippen LogP contribution is -2.58. The van der Waals surface area contributed by atoms with E-state index in [1.165, 1.54) is 16.8 Å². The van der Waals surface area contributed by atoms with Crippen molar-refractivity contribution in [3.63, 3.8) is 0 Å². The molecule has 0 aromatic heterocycles. The molecular weight excluding hydrogens is 358 g/mol. The van der Waals surface area contributed by atoms with Crippen molar-refractivity contribution < 1.29 is 4.79 Å². The fraction of sp³-hybridized carbons (Fsp3) is 0.320. The van der Waals surface area contributed by atoms with Crippen LogP contribution in [0.4, 0.5) is 11.4 Å². The number of aryl methyl sites for hydroxylation is 1. The first kappa shape index (κ1) is 19.3. The predicted octanol–water partition coefficient (Wildman–Crippen LogP) is 4.25. The van der Waals surface area contributed by atoms with Gasteiger partial charge in [0.1, 0.15) is 5.66 Å². The second-order valence-electron chi connectivity index (χ2n) is 8.75. The number of hydrogen-bond acceptors (Lipinski definition) is 3. The van der Waals surface area contributed by atoms with Crippen molar-refractivity contribution in [2.75, 3.05) is 30.4 Å². The maximum absolute atomic E-state index is 12.4. The van der Waals surface area contributed by atoms with Crippen LogP contribution in [0.3, 0.4) is 0 Å². The summed E-state index contributed by atoms with van der Waals surface area (Å²) >= 11 is 0. The largest absolute Gasteiger partial charge is 0.378 e. The summed E-state index contributed by atoms with van der Waals surface area (Å²) in [5.74, 6) is 0.0669. The van der Waals surface area contributed by atoms with Crippen LogP contribution in [0.2, 0.25) is 0 Å². The lowest BCUT2D eigenvalue weighted by molar-refractivity contribution is -0.118. The Hall–Kier alpha value is -3.01. The molecule has 29 heavy (non-hydrogen) atoms. The molecule has 150 valence electrons. The summed E-state index contributed by atoms with van der Waals surface area (Å²) in [4.78, 5) is 16.7. The Morgan fingerprint density at radius 2 is 1.79 bits per heavy atom. The Morgan fingerprint density at radius 1 is 1.07 bits per heavy atom. The van der Waals surface area contributed by atoms with Crippen LogP contribution in [-0.2, 0) is 10.2 Å². The highest BCUT2D eigenvalue weighted by atomic mass is 16.2. The molecule has 4 rings (SSSR count). The molecule has 2 aliphatic heterocycles. The van der Waals surface area contributed by atoms with Gasteiger partial charge in [0.05, 0.1) is 6.54 Å². The zero-order chi connectivity index (χ0) is 20.8. The van der Waals surface area contributed by atoms with Crippen molar-refractivity contribution in [3.05, 3.63) is 77.4 Å². The van der Waals surface area contributed by atoms with E-state index in [-0.39, 0.29) is 11.3 Å². The van der Waals surface area contributed by atoms with Crippen molar-refractivity contribution >= 4 is 23.4 Å². The van der Waals surface area contributed by atoms with E-state index in [1.807, 2.05) is 20.2 Å². The Balaban J connectivity index is 1.63. The third-order valence-corrected chi connectivity index (χ3v) is 6.27. The highest BCUT2D eigenvalue weighted by Gasteiger charge is 2.59. The van der Waals surface area contributed by atoms with Gasteiger partial charge in [-0.1, -0.05) is 61.9 Å². The minimum absolute atomic E-state index is 0.0669. The van der Waals surface area contributed by atoms with Crippen LogP contribution in [-0.4, -0.2) is 32.2 Å². The SMILES string of the molecule is Cc1ccc2c(c1)C(C)(C)C1(/C=C/C=C/c3ccc(N(C)C)cc3)NC(=O)CN21. The molecule has 4 heteroatoms. The minimum Gasteiger partial charge on any atom is -0.378 e. The van der Waals surface area contributed by atoms with Gasteiger partial charge < -0.3 is 15.1 Å². The molecule has 1 amide bonds. The lowest BCUT2D eigenvalue weighted by Gasteiger charge is -2.40. The van der Waals surface area contributed by atoms with Crippen LogP contribution in [0.5, 0.6) is 0 Å². The Morgan fingerprint density at radius 3 is 2.48 bits per heavy atom. The van der Waals surface area contributed by atoms with Crippen molar-refractivity contribution in [2.45, 2.75) is 31.8 Å². The van der Waals surface area contributed by atoms with Gasteiger partial charge in [0.15, 0.2) is 0 Å². The average molecular weight is 388 g/mol. The zero-order valence-electron chi connectivity index (χ0n) is 17.9. The molecule has 0 radical (unpaired) electrons. The summed E-state index contributed by atoms with van der Waals surface area (Å²) in [7, 11) is 4.08. The number of amides is 1. The number of rotatable bonds is 4. The third kappa shape index (κ3) is 3.03. The van der Waals surface area contributed by atoms with Gasteiger partial charge in [-0.3, -0.25) is 4.79 Å². The van der Waals surface area contributed by atoms with E-state index in [1.54, 1.807) is 0 Å². The number of carbonyl (C=O) groups is 1. The maximum Gasteiger partial charge on any atom is 0.241 e. The molecule has 2 aromatic rings. The van der Waals surface area contributed by atoms with Gasteiger partial charge in [-0.05, 0) is 42.3 Å². The first-order valence-electron chi connectivity index (χ1n) is 10.1. The number of nitrogens with one attached hydrogen (secondary N) is 1. The molecule has 4 nitrogen and oxygen atoms in total. The van der Waals surface area contributed by atoms with Gasteiger partial charge in [-0.2, -0.15) is 0 Å². The summed E-state index contributed by atoms with van der Waals surface area (Å²) in [6, 6.07) is 15.0. The molecule has 0 aliphatic carbocycles. The standard InChI is InChI=1S/C25H29N3O/c1-18-9-14-22-21(16-18)24(2,3)25(26-23(29)17-28(22)25)15-7-6-8-19-10-12-20(13-11-19)27(4)5/h6-16H,17H2,1-5H3,(H,26,29)/b8-6+,15-7+. The number of benzene rings is 2. The van der Waals surface area contributed by atoms with E-state index in [9.17, 15) is 4.79 Å². The highest BCUT2D eigenvalue weighted by Crippen LogP contribution is 2.52. The summed E-state index contributed by atoms with van der Waals surface area (Å²) in [6.45, 7) is 6.93. The summed E-state index contributed by atoms with van der Waals surface area (Å²) in [5, 5.41) is 3.27. The van der Waals surface area contributed by atoms with Crippen LogP contribution < -0.4 is 15.1 Å². The van der Waals surface area contributed by atoms with Crippen LogP contribution in [0, 0.1) is 6.92 Å². The number of anilines is 2. The first-order valence-corrected chi connectivity index (χ1v) is 10.1. The average Bonchev–Trinajstić information content (AvgIpc) is 3.10. The molecule has 2 aliphatic rings. The molecule has 1 N–H and O–H groups in total. The van der Waals surface area contributed by atoms with Gasteiger partial charge in [0, 0.05) is 30.9 Å². The van der Waals surface area contributed by atoms with E-state index in [2.05, 4.69) is 96.6 Å². The van der Waals surface area contributed by atoms with E-state index in [4.69, 9.17) is 0 Å². The Bertz CT molecular complexity index is 1000. The van der Waals surface area contributed by atoms with E-state index >= 15 is 0 Å². The smallest absolute Gasteiger partial charge is 0.241 e. The van der Waals surface area contributed by atoms with Crippen molar-refractivity contribution in [3.8, 4) is 0 Å². The van der Waals surface area contributed by atoms with Gasteiger partial charge in [0.25, 0.3) is 0 Å².